The molecular weight excluding hydrogens is 148 g/mol. The smallest absolute Gasteiger partial charge is 0.155 e. The standard InChI is InChI=1S/C7H14O4/c1-7(2)3(5(8)9)4(7)6(10)11/h3-6,8-11H,1-2H3. The van der Waals surface area contributed by atoms with Crippen molar-refractivity contribution < 1.29 is 20.4 Å². The monoisotopic (exact) mass is 162 g/mol. The molecule has 0 aromatic rings. The van der Waals surface area contributed by atoms with Crippen molar-refractivity contribution in [3.05, 3.63) is 0 Å². The summed E-state index contributed by atoms with van der Waals surface area (Å²) in [5.74, 6) is -0.829. The van der Waals surface area contributed by atoms with Gasteiger partial charge in [-0.25, -0.2) is 0 Å². The second kappa shape index (κ2) is 2.42. The van der Waals surface area contributed by atoms with Crippen molar-refractivity contribution in [3.8, 4) is 0 Å². The zero-order chi connectivity index (χ0) is 8.81. The van der Waals surface area contributed by atoms with E-state index in [2.05, 4.69) is 0 Å². The van der Waals surface area contributed by atoms with Crippen molar-refractivity contribution >= 4 is 0 Å². The van der Waals surface area contributed by atoms with Crippen molar-refractivity contribution in [2.24, 2.45) is 17.3 Å². The lowest BCUT2D eigenvalue weighted by Gasteiger charge is -2.02. The zero-order valence-corrected chi connectivity index (χ0v) is 6.60. The number of hydrogen-bond donors (Lipinski definition) is 4. The van der Waals surface area contributed by atoms with Crippen LogP contribution in [0.15, 0.2) is 0 Å². The molecule has 0 saturated heterocycles. The van der Waals surface area contributed by atoms with Crippen LogP contribution in [0.25, 0.3) is 0 Å². The van der Waals surface area contributed by atoms with Crippen LogP contribution in [0, 0.1) is 17.3 Å². The van der Waals surface area contributed by atoms with Gasteiger partial charge in [0.2, 0.25) is 0 Å². The molecule has 4 nitrogen and oxygen atoms in total. The topological polar surface area (TPSA) is 80.9 Å². The molecule has 4 N–H and O–H groups in total. The SMILES string of the molecule is CC1(C)C(C(O)O)C1C(O)O. The minimum Gasteiger partial charge on any atom is -0.368 e. The Labute approximate surface area is 65.1 Å². The molecule has 2 unspecified atom stereocenters. The van der Waals surface area contributed by atoms with Crippen molar-refractivity contribution in [1.82, 2.24) is 0 Å². The first-order chi connectivity index (χ1) is 4.89. The first-order valence-electron chi connectivity index (χ1n) is 3.61. The van der Waals surface area contributed by atoms with E-state index in [-0.39, 0.29) is 5.41 Å². The summed E-state index contributed by atoms with van der Waals surface area (Å²) in [6, 6.07) is 0. The Bertz CT molecular complexity index is 137. The summed E-state index contributed by atoms with van der Waals surface area (Å²) in [5.41, 5.74) is -0.373. The summed E-state index contributed by atoms with van der Waals surface area (Å²) >= 11 is 0. The Morgan fingerprint density at radius 3 is 1.27 bits per heavy atom. The lowest BCUT2D eigenvalue weighted by molar-refractivity contribution is -0.0958. The summed E-state index contributed by atoms with van der Waals surface area (Å²) in [6.45, 7) is 3.56. The molecule has 0 bridgehead atoms. The highest BCUT2D eigenvalue weighted by molar-refractivity contribution is 5.06. The van der Waals surface area contributed by atoms with Crippen LogP contribution in [0.5, 0.6) is 0 Å². The first-order valence-corrected chi connectivity index (χ1v) is 3.61. The van der Waals surface area contributed by atoms with Crippen LogP contribution in [0.3, 0.4) is 0 Å². The van der Waals surface area contributed by atoms with E-state index in [0.717, 1.165) is 0 Å². The van der Waals surface area contributed by atoms with Gasteiger partial charge < -0.3 is 20.4 Å². The third-order valence-corrected chi connectivity index (χ3v) is 2.64. The van der Waals surface area contributed by atoms with Crippen LogP contribution in [0.4, 0.5) is 0 Å². The highest BCUT2D eigenvalue weighted by Gasteiger charge is 2.63. The van der Waals surface area contributed by atoms with Gasteiger partial charge >= 0.3 is 0 Å². The van der Waals surface area contributed by atoms with E-state index in [0.29, 0.717) is 0 Å². The van der Waals surface area contributed by atoms with Crippen molar-refractivity contribution in [2.45, 2.75) is 26.4 Å². The quantitative estimate of drug-likeness (QED) is 0.388. The molecule has 0 aromatic carbocycles. The van der Waals surface area contributed by atoms with Gasteiger partial charge in [-0.05, 0) is 5.41 Å². The minimum atomic E-state index is -1.45. The molecule has 0 aliphatic heterocycles. The van der Waals surface area contributed by atoms with Crippen LogP contribution in [-0.4, -0.2) is 33.0 Å². The van der Waals surface area contributed by atoms with E-state index in [1.165, 1.54) is 0 Å². The first kappa shape index (κ1) is 8.93. The van der Waals surface area contributed by atoms with Crippen molar-refractivity contribution in [2.75, 3.05) is 0 Å². The van der Waals surface area contributed by atoms with Crippen LogP contribution in [-0.2, 0) is 0 Å². The number of hydrogen-bond acceptors (Lipinski definition) is 4. The van der Waals surface area contributed by atoms with Gasteiger partial charge in [-0.15, -0.1) is 0 Å². The van der Waals surface area contributed by atoms with Gasteiger partial charge in [0.15, 0.2) is 12.6 Å². The normalized spacial score (nSPS) is 34.9. The van der Waals surface area contributed by atoms with E-state index >= 15 is 0 Å². The van der Waals surface area contributed by atoms with Gasteiger partial charge in [0.1, 0.15) is 0 Å². The predicted octanol–water partition coefficient (Wildman–Crippen LogP) is -1.12. The predicted molar refractivity (Wildman–Crippen MR) is 37.2 cm³/mol. The summed E-state index contributed by atoms with van der Waals surface area (Å²) in [6.07, 6.45) is -2.89. The molecule has 1 fully saturated rings. The van der Waals surface area contributed by atoms with Crippen molar-refractivity contribution in [1.29, 1.82) is 0 Å². The molecular formula is C7H14O4. The minimum absolute atomic E-state index is 0.373. The fourth-order valence-electron chi connectivity index (χ4n) is 1.86. The highest BCUT2D eigenvalue weighted by Crippen LogP contribution is 2.60. The Morgan fingerprint density at radius 1 is 0.909 bits per heavy atom. The Balaban J connectivity index is 2.61. The molecule has 1 aliphatic carbocycles. The molecule has 11 heavy (non-hydrogen) atoms. The van der Waals surface area contributed by atoms with Crippen molar-refractivity contribution in [3.63, 3.8) is 0 Å². The van der Waals surface area contributed by atoms with Gasteiger partial charge in [-0.1, -0.05) is 13.8 Å². The second-order valence-corrected chi connectivity index (χ2v) is 3.70. The molecule has 2 atom stereocenters. The summed E-state index contributed by atoms with van der Waals surface area (Å²) in [4.78, 5) is 0. The zero-order valence-electron chi connectivity index (χ0n) is 6.60. The Hall–Kier alpha value is -0.160. The Morgan fingerprint density at radius 2 is 1.18 bits per heavy atom. The van der Waals surface area contributed by atoms with Crippen LogP contribution in [0.1, 0.15) is 13.8 Å². The largest absolute Gasteiger partial charge is 0.368 e. The molecule has 1 aliphatic rings. The number of rotatable bonds is 2. The number of aliphatic hydroxyl groups is 4. The molecule has 4 heteroatoms. The Kier molecular flexibility index (Phi) is 1.96. The lowest BCUT2D eigenvalue weighted by Crippen LogP contribution is -2.15. The van der Waals surface area contributed by atoms with E-state index in [1.54, 1.807) is 13.8 Å². The lowest BCUT2D eigenvalue weighted by atomic mass is 10.1. The van der Waals surface area contributed by atoms with Gasteiger partial charge in [0.05, 0.1) is 0 Å². The molecule has 0 amide bonds. The average Bonchev–Trinajstić information content (AvgIpc) is 2.33. The van der Waals surface area contributed by atoms with Gasteiger partial charge in [0.25, 0.3) is 0 Å². The molecule has 0 spiro atoms. The second-order valence-electron chi connectivity index (χ2n) is 3.70. The van der Waals surface area contributed by atoms with Crippen LogP contribution < -0.4 is 0 Å². The molecule has 0 aromatic heterocycles. The van der Waals surface area contributed by atoms with Crippen LogP contribution in [0.2, 0.25) is 0 Å². The fourth-order valence-corrected chi connectivity index (χ4v) is 1.86. The molecule has 66 valence electrons. The molecule has 0 heterocycles. The molecule has 1 rings (SSSR count). The maximum Gasteiger partial charge on any atom is 0.155 e. The summed E-state index contributed by atoms with van der Waals surface area (Å²) < 4.78 is 0. The highest BCUT2D eigenvalue weighted by atomic mass is 16.5. The van der Waals surface area contributed by atoms with Crippen LogP contribution >= 0.6 is 0 Å². The summed E-state index contributed by atoms with van der Waals surface area (Å²) in [7, 11) is 0. The summed E-state index contributed by atoms with van der Waals surface area (Å²) in [5, 5.41) is 35.1. The number of aliphatic hydroxyl groups excluding tert-OH is 2. The van der Waals surface area contributed by atoms with Gasteiger partial charge in [-0.2, -0.15) is 0 Å². The van der Waals surface area contributed by atoms with E-state index in [1.807, 2.05) is 0 Å². The van der Waals surface area contributed by atoms with Gasteiger partial charge in [-0.3, -0.25) is 0 Å². The van der Waals surface area contributed by atoms with E-state index < -0.39 is 24.4 Å². The third-order valence-electron chi connectivity index (χ3n) is 2.64. The average molecular weight is 162 g/mol. The third kappa shape index (κ3) is 1.27. The maximum absolute atomic E-state index is 8.78. The van der Waals surface area contributed by atoms with Gasteiger partial charge in [0, 0.05) is 11.8 Å². The fraction of sp³-hybridized carbons (Fsp3) is 1.00. The maximum atomic E-state index is 8.78. The molecule has 1 saturated carbocycles. The van der Waals surface area contributed by atoms with E-state index in [9.17, 15) is 0 Å². The molecule has 0 radical (unpaired) electrons. The van der Waals surface area contributed by atoms with E-state index in [4.69, 9.17) is 20.4 Å².